The Labute approximate surface area is 123 Å². The van der Waals surface area contributed by atoms with Gasteiger partial charge in [-0.05, 0) is 31.2 Å². The molecule has 21 heavy (non-hydrogen) atoms. The second-order valence-corrected chi connectivity index (χ2v) is 4.87. The minimum atomic E-state index is -0.228. The average molecular weight is 286 g/mol. The Balaban J connectivity index is 1.97. The fourth-order valence-corrected chi connectivity index (χ4v) is 1.84. The molecule has 0 fully saturated rings. The van der Waals surface area contributed by atoms with Crippen LogP contribution in [0.1, 0.15) is 23.1 Å². The summed E-state index contributed by atoms with van der Waals surface area (Å²) in [5, 5.41) is 2.78. The van der Waals surface area contributed by atoms with E-state index in [0.29, 0.717) is 17.8 Å². The Morgan fingerprint density at radius 1 is 1.29 bits per heavy atom. The maximum absolute atomic E-state index is 12.1. The van der Waals surface area contributed by atoms with Crippen LogP contribution in [0.15, 0.2) is 36.7 Å². The second-order valence-electron chi connectivity index (χ2n) is 4.87. The van der Waals surface area contributed by atoms with Crippen molar-refractivity contribution in [3.8, 4) is 0 Å². The van der Waals surface area contributed by atoms with Crippen molar-refractivity contribution in [1.82, 2.24) is 14.5 Å². The normalized spacial score (nSPS) is 10.2. The summed E-state index contributed by atoms with van der Waals surface area (Å²) >= 11 is 0. The van der Waals surface area contributed by atoms with Gasteiger partial charge in [0.2, 0.25) is 0 Å². The minimum Gasteiger partial charge on any atom is -0.337 e. The smallest absolute Gasteiger partial charge is 0.321 e. The minimum absolute atomic E-state index is 0.000207. The van der Waals surface area contributed by atoms with Crippen molar-refractivity contribution in [2.75, 3.05) is 12.4 Å². The van der Waals surface area contributed by atoms with Gasteiger partial charge in [0.15, 0.2) is 5.78 Å². The van der Waals surface area contributed by atoms with Gasteiger partial charge in [0, 0.05) is 37.7 Å². The Hall–Kier alpha value is -2.63. The number of urea groups is 1. The largest absolute Gasteiger partial charge is 0.337 e. The third-order valence-electron chi connectivity index (χ3n) is 3.19. The molecular weight excluding hydrogens is 268 g/mol. The Bertz CT molecular complexity index is 646. The summed E-state index contributed by atoms with van der Waals surface area (Å²) in [6.07, 6.45) is 3.53. The number of nitrogens with one attached hydrogen (secondary N) is 1. The van der Waals surface area contributed by atoms with E-state index >= 15 is 0 Å². The number of hydrogen-bond donors (Lipinski definition) is 1. The fourth-order valence-electron chi connectivity index (χ4n) is 1.84. The second kappa shape index (κ2) is 6.21. The van der Waals surface area contributed by atoms with E-state index in [0.717, 1.165) is 5.82 Å². The zero-order valence-electron chi connectivity index (χ0n) is 12.3. The summed E-state index contributed by atoms with van der Waals surface area (Å²) in [7, 11) is 3.59. The van der Waals surface area contributed by atoms with Crippen LogP contribution < -0.4 is 5.32 Å². The summed E-state index contributed by atoms with van der Waals surface area (Å²) < 4.78 is 1.87. The molecule has 1 aromatic heterocycles. The first-order chi connectivity index (χ1) is 9.97. The van der Waals surface area contributed by atoms with E-state index in [1.165, 1.54) is 6.92 Å². The van der Waals surface area contributed by atoms with Crippen LogP contribution in [-0.4, -0.2) is 33.3 Å². The number of hydrogen-bond acceptors (Lipinski definition) is 3. The van der Waals surface area contributed by atoms with Crippen LogP contribution in [0.3, 0.4) is 0 Å². The molecule has 2 amide bonds. The summed E-state index contributed by atoms with van der Waals surface area (Å²) in [6, 6.07) is 6.58. The van der Waals surface area contributed by atoms with Gasteiger partial charge in [0.25, 0.3) is 0 Å². The molecule has 0 spiro atoms. The van der Waals surface area contributed by atoms with Gasteiger partial charge in [0.1, 0.15) is 5.82 Å². The lowest BCUT2D eigenvalue weighted by atomic mass is 10.1. The molecule has 1 N–H and O–H groups in total. The highest BCUT2D eigenvalue weighted by Crippen LogP contribution is 2.11. The highest BCUT2D eigenvalue weighted by atomic mass is 16.2. The summed E-state index contributed by atoms with van der Waals surface area (Å²) in [5.74, 6) is 0.805. The van der Waals surface area contributed by atoms with Gasteiger partial charge in [-0.3, -0.25) is 4.79 Å². The van der Waals surface area contributed by atoms with Crippen LogP contribution in [0.4, 0.5) is 10.5 Å². The Morgan fingerprint density at radius 2 is 1.95 bits per heavy atom. The molecule has 6 heteroatoms. The number of aromatic nitrogens is 2. The van der Waals surface area contributed by atoms with Crippen LogP contribution in [0.25, 0.3) is 0 Å². The molecule has 0 saturated heterocycles. The predicted octanol–water partition coefficient (Wildman–Crippen LogP) is 2.29. The first-order valence-corrected chi connectivity index (χ1v) is 6.56. The maximum Gasteiger partial charge on any atom is 0.321 e. The lowest BCUT2D eigenvalue weighted by Crippen LogP contribution is -2.31. The van der Waals surface area contributed by atoms with Gasteiger partial charge in [-0.15, -0.1) is 0 Å². The lowest BCUT2D eigenvalue weighted by molar-refractivity contribution is 0.101. The van der Waals surface area contributed by atoms with E-state index in [1.807, 2.05) is 17.8 Å². The van der Waals surface area contributed by atoms with E-state index < -0.39 is 0 Å². The summed E-state index contributed by atoms with van der Waals surface area (Å²) in [5.41, 5.74) is 1.27. The van der Waals surface area contributed by atoms with Crippen molar-refractivity contribution in [3.05, 3.63) is 48.0 Å². The monoisotopic (exact) mass is 286 g/mol. The quantitative estimate of drug-likeness (QED) is 0.877. The zero-order valence-corrected chi connectivity index (χ0v) is 12.3. The molecular formula is C15H18N4O2. The van der Waals surface area contributed by atoms with Crippen molar-refractivity contribution in [2.45, 2.75) is 13.5 Å². The molecule has 0 aliphatic heterocycles. The van der Waals surface area contributed by atoms with Crippen LogP contribution >= 0.6 is 0 Å². The summed E-state index contributed by atoms with van der Waals surface area (Å²) in [4.78, 5) is 29.0. The van der Waals surface area contributed by atoms with Gasteiger partial charge in [-0.2, -0.15) is 0 Å². The molecule has 0 aliphatic carbocycles. The molecule has 0 unspecified atom stereocenters. The van der Waals surface area contributed by atoms with Gasteiger partial charge in [-0.25, -0.2) is 9.78 Å². The molecule has 110 valence electrons. The van der Waals surface area contributed by atoms with Gasteiger partial charge in [-0.1, -0.05) is 0 Å². The van der Waals surface area contributed by atoms with Gasteiger partial charge < -0.3 is 14.8 Å². The number of carbonyl (C=O) groups excluding carboxylic acids is 2. The number of benzene rings is 1. The van der Waals surface area contributed by atoms with Crippen molar-refractivity contribution in [2.24, 2.45) is 7.05 Å². The summed E-state index contributed by atoms with van der Waals surface area (Å²) in [6.45, 7) is 1.93. The predicted molar refractivity (Wildman–Crippen MR) is 80.1 cm³/mol. The Morgan fingerprint density at radius 3 is 2.48 bits per heavy atom. The zero-order chi connectivity index (χ0) is 15.4. The number of anilines is 1. The number of ketones is 1. The standard InChI is InChI=1S/C15H18N4O2/c1-11(20)12-4-6-13(7-5-12)17-15(21)19(3)10-14-16-8-9-18(14)2/h4-9H,10H2,1-3H3,(H,17,21). The molecule has 2 rings (SSSR count). The van der Waals surface area contributed by atoms with Crippen LogP contribution in [0.5, 0.6) is 0 Å². The molecule has 6 nitrogen and oxygen atoms in total. The topological polar surface area (TPSA) is 67.2 Å². The molecule has 1 heterocycles. The fraction of sp³-hybridized carbons (Fsp3) is 0.267. The van der Waals surface area contributed by atoms with Gasteiger partial charge >= 0.3 is 6.03 Å². The van der Waals surface area contributed by atoms with E-state index in [-0.39, 0.29) is 11.8 Å². The number of carbonyl (C=O) groups is 2. The van der Waals surface area contributed by atoms with Crippen molar-refractivity contribution in [1.29, 1.82) is 0 Å². The lowest BCUT2D eigenvalue weighted by Gasteiger charge is -2.17. The first kappa shape index (κ1) is 14.8. The van der Waals surface area contributed by atoms with E-state index in [1.54, 1.807) is 42.4 Å². The molecule has 0 aliphatic rings. The van der Waals surface area contributed by atoms with Crippen molar-refractivity contribution < 1.29 is 9.59 Å². The highest BCUT2D eigenvalue weighted by Gasteiger charge is 2.11. The number of Topliss-reactive ketones (excluding diaryl/α,β-unsaturated/α-hetero) is 1. The highest BCUT2D eigenvalue weighted by molar-refractivity contribution is 5.95. The van der Waals surface area contributed by atoms with Crippen molar-refractivity contribution in [3.63, 3.8) is 0 Å². The Kier molecular flexibility index (Phi) is 4.37. The number of amides is 2. The number of rotatable bonds is 4. The third kappa shape index (κ3) is 3.68. The van der Waals surface area contributed by atoms with Crippen LogP contribution in [0, 0.1) is 0 Å². The number of aryl methyl sites for hydroxylation is 1. The molecule has 1 aromatic carbocycles. The number of imidazole rings is 1. The average Bonchev–Trinajstić information content (AvgIpc) is 2.84. The number of nitrogens with zero attached hydrogens (tertiary/aromatic N) is 3. The van der Waals surface area contributed by atoms with Crippen molar-refractivity contribution >= 4 is 17.5 Å². The van der Waals surface area contributed by atoms with E-state index in [9.17, 15) is 9.59 Å². The van der Waals surface area contributed by atoms with E-state index in [4.69, 9.17) is 0 Å². The molecule has 0 bridgehead atoms. The first-order valence-electron chi connectivity index (χ1n) is 6.56. The van der Waals surface area contributed by atoms with Crippen LogP contribution in [-0.2, 0) is 13.6 Å². The molecule has 0 saturated carbocycles. The molecule has 2 aromatic rings. The SMILES string of the molecule is CC(=O)c1ccc(NC(=O)N(C)Cc2nccn2C)cc1. The van der Waals surface area contributed by atoms with E-state index in [2.05, 4.69) is 10.3 Å². The molecule has 0 radical (unpaired) electrons. The third-order valence-corrected chi connectivity index (χ3v) is 3.19. The molecule has 0 atom stereocenters. The van der Waals surface area contributed by atoms with Crippen LogP contribution in [0.2, 0.25) is 0 Å². The maximum atomic E-state index is 12.1. The van der Waals surface area contributed by atoms with Gasteiger partial charge in [0.05, 0.1) is 6.54 Å².